The molecule has 0 saturated heterocycles. The summed E-state index contributed by atoms with van der Waals surface area (Å²) in [6, 6.07) is 6.11. The third kappa shape index (κ3) is 5.68. The summed E-state index contributed by atoms with van der Waals surface area (Å²) in [6.07, 6.45) is 0. The van der Waals surface area contributed by atoms with E-state index in [-0.39, 0.29) is 24.9 Å². The largest absolute Gasteiger partial charge is 0.340 e. The van der Waals surface area contributed by atoms with Gasteiger partial charge in [-0.3, -0.25) is 14.5 Å². The number of nitrogens with one attached hydrogen (secondary N) is 1. The number of likely N-dealkylation sites (N-methyl/N-ethyl adjacent to an activating group) is 2. The molecule has 1 aromatic carbocycles. The standard InChI is InChI=1S/C20H27N3O2S/c1-14-8-15(2)20(16(3)9-14)21-18(24)11-22(4)12-19(25)23(5)10-17-6-7-26-13-17/h6-9,13H,10-12H2,1-5H3,(H,21,24). The van der Waals surface area contributed by atoms with Crippen molar-refractivity contribution in [2.45, 2.75) is 27.3 Å². The fourth-order valence-corrected chi connectivity index (χ4v) is 3.61. The van der Waals surface area contributed by atoms with Crippen molar-refractivity contribution in [1.29, 1.82) is 0 Å². The molecular formula is C20H27N3O2S. The van der Waals surface area contributed by atoms with E-state index in [1.165, 1.54) is 5.56 Å². The molecule has 2 amide bonds. The number of carbonyl (C=O) groups is 2. The van der Waals surface area contributed by atoms with Gasteiger partial charge in [-0.05, 0) is 61.3 Å². The van der Waals surface area contributed by atoms with Gasteiger partial charge in [0.15, 0.2) is 0 Å². The summed E-state index contributed by atoms with van der Waals surface area (Å²) < 4.78 is 0. The maximum Gasteiger partial charge on any atom is 0.238 e. The average Bonchev–Trinajstić information content (AvgIpc) is 3.03. The Morgan fingerprint density at radius 1 is 1.08 bits per heavy atom. The minimum absolute atomic E-state index is 0.00537. The summed E-state index contributed by atoms with van der Waals surface area (Å²) in [5.41, 5.74) is 5.25. The molecule has 140 valence electrons. The van der Waals surface area contributed by atoms with Crippen LogP contribution in [0.25, 0.3) is 0 Å². The second-order valence-electron chi connectivity index (χ2n) is 6.88. The van der Waals surface area contributed by atoms with Crippen LogP contribution in [-0.2, 0) is 16.1 Å². The molecule has 2 rings (SSSR count). The van der Waals surface area contributed by atoms with Crippen LogP contribution in [0.15, 0.2) is 29.0 Å². The van der Waals surface area contributed by atoms with Crippen molar-refractivity contribution in [2.75, 3.05) is 32.5 Å². The van der Waals surface area contributed by atoms with Crippen molar-refractivity contribution in [3.8, 4) is 0 Å². The minimum Gasteiger partial charge on any atom is -0.340 e. The Labute approximate surface area is 159 Å². The number of nitrogens with zero attached hydrogens (tertiary/aromatic N) is 2. The smallest absolute Gasteiger partial charge is 0.238 e. The van der Waals surface area contributed by atoms with E-state index in [0.29, 0.717) is 6.54 Å². The molecule has 0 bridgehead atoms. The number of thiophene rings is 1. The number of hydrogen-bond donors (Lipinski definition) is 1. The maximum atomic E-state index is 12.3. The first-order chi connectivity index (χ1) is 12.3. The van der Waals surface area contributed by atoms with Gasteiger partial charge in [0.2, 0.25) is 11.8 Å². The third-order valence-electron chi connectivity index (χ3n) is 4.19. The molecule has 0 spiro atoms. The zero-order valence-electron chi connectivity index (χ0n) is 16.1. The van der Waals surface area contributed by atoms with Crippen LogP contribution in [-0.4, -0.2) is 48.8 Å². The number of hydrogen-bond acceptors (Lipinski definition) is 4. The van der Waals surface area contributed by atoms with E-state index < -0.39 is 0 Å². The van der Waals surface area contributed by atoms with E-state index in [9.17, 15) is 9.59 Å². The molecule has 5 nitrogen and oxygen atoms in total. The van der Waals surface area contributed by atoms with E-state index >= 15 is 0 Å². The van der Waals surface area contributed by atoms with Crippen LogP contribution in [0.5, 0.6) is 0 Å². The summed E-state index contributed by atoms with van der Waals surface area (Å²) in [5.74, 6) is -0.120. The lowest BCUT2D eigenvalue weighted by atomic mass is 10.1. The van der Waals surface area contributed by atoms with Gasteiger partial charge >= 0.3 is 0 Å². The van der Waals surface area contributed by atoms with Crippen molar-refractivity contribution in [1.82, 2.24) is 9.80 Å². The molecule has 0 fully saturated rings. The summed E-state index contributed by atoms with van der Waals surface area (Å²) in [6.45, 7) is 6.98. The van der Waals surface area contributed by atoms with Crippen LogP contribution >= 0.6 is 11.3 Å². The molecule has 0 atom stereocenters. The molecular weight excluding hydrogens is 346 g/mol. The zero-order valence-corrected chi connectivity index (χ0v) is 16.9. The lowest BCUT2D eigenvalue weighted by Crippen LogP contribution is -2.39. The van der Waals surface area contributed by atoms with E-state index in [4.69, 9.17) is 0 Å². The molecule has 0 saturated carbocycles. The average molecular weight is 374 g/mol. The van der Waals surface area contributed by atoms with Crippen LogP contribution in [0.2, 0.25) is 0 Å². The molecule has 0 aliphatic rings. The molecule has 6 heteroatoms. The van der Waals surface area contributed by atoms with Gasteiger partial charge in [-0.1, -0.05) is 17.7 Å². The van der Waals surface area contributed by atoms with Gasteiger partial charge < -0.3 is 10.2 Å². The van der Waals surface area contributed by atoms with Crippen molar-refractivity contribution in [2.24, 2.45) is 0 Å². The highest BCUT2D eigenvalue weighted by atomic mass is 32.1. The fraction of sp³-hybridized carbons (Fsp3) is 0.400. The number of amides is 2. The molecule has 1 aromatic heterocycles. The molecule has 1 heterocycles. The van der Waals surface area contributed by atoms with Crippen molar-refractivity contribution >= 4 is 28.8 Å². The lowest BCUT2D eigenvalue weighted by Gasteiger charge is -2.22. The van der Waals surface area contributed by atoms with Crippen LogP contribution in [0.3, 0.4) is 0 Å². The molecule has 1 N–H and O–H groups in total. The second kappa shape index (κ2) is 8.96. The summed E-state index contributed by atoms with van der Waals surface area (Å²) >= 11 is 1.62. The zero-order chi connectivity index (χ0) is 19.3. The van der Waals surface area contributed by atoms with Crippen molar-refractivity contribution in [3.63, 3.8) is 0 Å². The predicted molar refractivity (Wildman–Crippen MR) is 108 cm³/mol. The monoisotopic (exact) mass is 373 g/mol. The lowest BCUT2D eigenvalue weighted by molar-refractivity contribution is -0.131. The van der Waals surface area contributed by atoms with Gasteiger partial charge in [0.05, 0.1) is 13.1 Å². The first-order valence-electron chi connectivity index (χ1n) is 8.57. The fourth-order valence-electron chi connectivity index (χ4n) is 2.95. The number of rotatable bonds is 7. The molecule has 0 aliphatic heterocycles. The van der Waals surface area contributed by atoms with Gasteiger partial charge in [-0.2, -0.15) is 11.3 Å². The topological polar surface area (TPSA) is 52.7 Å². The van der Waals surface area contributed by atoms with Crippen molar-refractivity contribution in [3.05, 3.63) is 51.2 Å². The van der Waals surface area contributed by atoms with Crippen LogP contribution in [0.4, 0.5) is 5.69 Å². The van der Waals surface area contributed by atoms with E-state index in [1.807, 2.05) is 37.6 Å². The Kier molecular flexibility index (Phi) is 6.94. The van der Waals surface area contributed by atoms with Gasteiger partial charge in [-0.15, -0.1) is 0 Å². The SMILES string of the molecule is Cc1cc(C)c(NC(=O)CN(C)CC(=O)N(C)Cc2ccsc2)c(C)c1. The Morgan fingerprint density at radius 3 is 2.31 bits per heavy atom. The number of anilines is 1. The summed E-state index contributed by atoms with van der Waals surface area (Å²) in [7, 11) is 3.57. The normalized spacial score (nSPS) is 10.8. The van der Waals surface area contributed by atoms with Crippen molar-refractivity contribution < 1.29 is 9.59 Å². The van der Waals surface area contributed by atoms with Crippen LogP contribution in [0, 0.1) is 20.8 Å². The summed E-state index contributed by atoms with van der Waals surface area (Å²) in [4.78, 5) is 28.1. The van der Waals surface area contributed by atoms with Gasteiger partial charge in [0, 0.05) is 19.3 Å². The first-order valence-corrected chi connectivity index (χ1v) is 9.52. The maximum absolute atomic E-state index is 12.3. The van der Waals surface area contributed by atoms with E-state index in [1.54, 1.807) is 35.2 Å². The van der Waals surface area contributed by atoms with Gasteiger partial charge in [0.1, 0.15) is 0 Å². The molecule has 2 aromatic rings. The van der Waals surface area contributed by atoms with Gasteiger partial charge in [-0.25, -0.2) is 0 Å². The van der Waals surface area contributed by atoms with Gasteiger partial charge in [0.25, 0.3) is 0 Å². The highest BCUT2D eigenvalue weighted by molar-refractivity contribution is 7.07. The Hall–Kier alpha value is -2.18. The highest BCUT2D eigenvalue weighted by Crippen LogP contribution is 2.21. The minimum atomic E-state index is -0.115. The first kappa shape index (κ1) is 20.1. The van der Waals surface area contributed by atoms with E-state index in [2.05, 4.69) is 17.4 Å². The molecule has 0 radical (unpaired) electrons. The molecule has 26 heavy (non-hydrogen) atoms. The Bertz CT molecular complexity index is 748. The Morgan fingerprint density at radius 2 is 1.73 bits per heavy atom. The number of carbonyl (C=O) groups excluding carboxylic acids is 2. The summed E-state index contributed by atoms with van der Waals surface area (Å²) in [5, 5.41) is 7.01. The van der Waals surface area contributed by atoms with E-state index in [0.717, 1.165) is 22.4 Å². The van der Waals surface area contributed by atoms with Crippen LogP contribution < -0.4 is 5.32 Å². The number of benzene rings is 1. The highest BCUT2D eigenvalue weighted by Gasteiger charge is 2.15. The quantitative estimate of drug-likeness (QED) is 0.811. The molecule has 0 unspecified atom stereocenters. The third-order valence-corrected chi connectivity index (χ3v) is 4.92. The second-order valence-corrected chi connectivity index (χ2v) is 7.66. The molecule has 0 aliphatic carbocycles. The number of aryl methyl sites for hydroxylation is 3. The Balaban J connectivity index is 1.86. The van der Waals surface area contributed by atoms with Crippen LogP contribution in [0.1, 0.15) is 22.3 Å². The predicted octanol–water partition coefficient (Wildman–Crippen LogP) is 3.20.